The van der Waals surface area contributed by atoms with Crippen LogP contribution in [0.1, 0.15) is 6.92 Å². The number of phenolic OH excluding ortho intramolecular Hbond substituents is 2. The summed E-state index contributed by atoms with van der Waals surface area (Å²) in [7, 11) is 0. The number of nitro groups is 3. The summed E-state index contributed by atoms with van der Waals surface area (Å²) in [6.45, 7) is 2.53. The van der Waals surface area contributed by atoms with Gasteiger partial charge in [0.25, 0.3) is 11.5 Å². The number of hydrogen-bond acceptors (Lipinski definition) is 10. The lowest BCUT2D eigenvalue weighted by molar-refractivity contribution is -0.605. The first-order chi connectivity index (χ1) is 12.6. The van der Waals surface area contributed by atoms with Gasteiger partial charge in [0, 0.05) is 12.1 Å². The van der Waals surface area contributed by atoms with Gasteiger partial charge in [-0.2, -0.15) is 4.73 Å². The Morgan fingerprint density at radius 2 is 1.41 bits per heavy atom. The molecule has 0 unspecified atom stereocenters. The van der Waals surface area contributed by atoms with Crippen LogP contribution >= 0.6 is 0 Å². The molecule has 0 spiro atoms. The summed E-state index contributed by atoms with van der Waals surface area (Å²) in [5, 5.41) is 60.0. The molecule has 1 heterocycles. The van der Waals surface area contributed by atoms with Gasteiger partial charge < -0.3 is 20.2 Å². The Balaban J connectivity index is 0.000000309. The number of pyridine rings is 1. The molecule has 0 atom stereocenters. The quantitative estimate of drug-likeness (QED) is 0.329. The molecule has 0 radical (unpaired) electrons. The van der Waals surface area contributed by atoms with E-state index in [-0.39, 0.29) is 6.07 Å². The van der Waals surface area contributed by atoms with Crippen molar-refractivity contribution in [2.75, 3.05) is 6.61 Å². The average molecular weight is 384 g/mol. The van der Waals surface area contributed by atoms with E-state index in [1.165, 1.54) is 12.4 Å². The van der Waals surface area contributed by atoms with Crippen LogP contribution in [0.25, 0.3) is 0 Å². The Morgan fingerprint density at radius 1 is 0.963 bits per heavy atom. The molecule has 0 saturated carbocycles. The van der Waals surface area contributed by atoms with Gasteiger partial charge in [-0.05, 0) is 6.92 Å². The third-order valence-electron chi connectivity index (χ3n) is 2.87. The van der Waals surface area contributed by atoms with Gasteiger partial charge in [-0.25, -0.2) is 0 Å². The topological polar surface area (TPSA) is 206 Å². The molecule has 2 N–H and O–H groups in total. The number of aromatic hydroxyl groups is 2. The lowest BCUT2D eigenvalue weighted by atomic mass is 10.2. The lowest BCUT2D eigenvalue weighted by Crippen LogP contribution is -2.23. The molecule has 0 fully saturated rings. The second-order valence-corrected chi connectivity index (χ2v) is 4.56. The number of nitro benzene ring substituents is 3. The summed E-state index contributed by atoms with van der Waals surface area (Å²) in [6, 6.07) is 3.50. The third kappa shape index (κ3) is 5.12. The van der Waals surface area contributed by atoms with Crippen LogP contribution in [0.4, 0.5) is 17.1 Å². The summed E-state index contributed by atoms with van der Waals surface area (Å²) >= 11 is 0. The molecule has 0 saturated heterocycles. The van der Waals surface area contributed by atoms with E-state index in [1.807, 2.05) is 6.92 Å². The van der Waals surface area contributed by atoms with E-state index in [9.17, 15) is 35.6 Å². The number of ether oxygens (including phenoxy) is 1. The largest absolute Gasteiger partial charge is 0.619 e. The standard InChI is InChI=1S/C7H9NO2.C6H3N3O8/c1-2-10-7-3-5-8(9)6-4-7;10-5-2(7(12)13)1-3(8(14)15)6(11)4(5)9(16)17/h3-6H,2H2,1H3;1,10-11H. The Labute approximate surface area is 149 Å². The minimum Gasteiger partial charge on any atom is -0.619 e. The molecular formula is C13H12N4O10. The highest BCUT2D eigenvalue weighted by Gasteiger charge is 2.36. The number of hydrogen-bond donors (Lipinski definition) is 2. The highest BCUT2D eigenvalue weighted by atomic mass is 16.6. The first kappa shape index (κ1) is 20.8. The summed E-state index contributed by atoms with van der Waals surface area (Å²) < 4.78 is 5.83. The zero-order valence-electron chi connectivity index (χ0n) is 13.5. The molecule has 2 aromatic rings. The molecule has 14 nitrogen and oxygen atoms in total. The van der Waals surface area contributed by atoms with Crippen molar-refractivity contribution in [3.05, 3.63) is 66.1 Å². The van der Waals surface area contributed by atoms with Crippen molar-refractivity contribution in [3.8, 4) is 17.2 Å². The fourth-order valence-electron chi connectivity index (χ4n) is 1.73. The molecule has 14 heteroatoms. The van der Waals surface area contributed by atoms with Crippen LogP contribution in [0.2, 0.25) is 0 Å². The van der Waals surface area contributed by atoms with Crippen LogP contribution in [0.15, 0.2) is 30.6 Å². The molecule has 2 rings (SSSR count). The van der Waals surface area contributed by atoms with Crippen LogP contribution < -0.4 is 9.47 Å². The summed E-state index contributed by atoms with van der Waals surface area (Å²) in [6.07, 6.45) is 2.82. The van der Waals surface area contributed by atoms with Crippen molar-refractivity contribution in [1.82, 2.24) is 0 Å². The maximum Gasteiger partial charge on any atom is 0.366 e. The molecule has 0 aliphatic rings. The normalized spacial score (nSPS) is 9.67. The fraction of sp³-hybridized carbons (Fsp3) is 0.154. The predicted octanol–water partition coefficient (Wildman–Crippen LogP) is 1.54. The molecule has 0 bridgehead atoms. The third-order valence-corrected chi connectivity index (χ3v) is 2.87. The summed E-state index contributed by atoms with van der Waals surface area (Å²) in [5.74, 6) is -2.15. The Morgan fingerprint density at radius 3 is 1.74 bits per heavy atom. The Bertz CT molecular complexity index is 830. The van der Waals surface area contributed by atoms with Gasteiger partial charge in [-0.3, -0.25) is 30.3 Å². The van der Waals surface area contributed by atoms with Crippen LogP contribution in [-0.4, -0.2) is 31.6 Å². The average Bonchev–Trinajstić information content (AvgIpc) is 2.57. The van der Waals surface area contributed by atoms with Gasteiger partial charge in [0.1, 0.15) is 11.8 Å². The van der Waals surface area contributed by atoms with E-state index < -0.39 is 43.3 Å². The molecule has 0 aliphatic carbocycles. The number of rotatable bonds is 5. The van der Waals surface area contributed by atoms with Crippen molar-refractivity contribution in [3.63, 3.8) is 0 Å². The second kappa shape index (κ2) is 8.75. The zero-order valence-corrected chi connectivity index (χ0v) is 13.5. The van der Waals surface area contributed by atoms with Gasteiger partial charge >= 0.3 is 17.1 Å². The van der Waals surface area contributed by atoms with Crippen molar-refractivity contribution >= 4 is 17.1 Å². The van der Waals surface area contributed by atoms with Gasteiger partial charge in [0.15, 0.2) is 12.4 Å². The molecule has 0 amide bonds. The lowest BCUT2D eigenvalue weighted by Gasteiger charge is -2.00. The van der Waals surface area contributed by atoms with E-state index in [4.69, 9.17) is 14.9 Å². The molecule has 1 aromatic carbocycles. The molecule has 1 aromatic heterocycles. The molecule has 144 valence electrons. The van der Waals surface area contributed by atoms with E-state index >= 15 is 0 Å². The minimum atomic E-state index is -1.48. The fourth-order valence-corrected chi connectivity index (χ4v) is 1.73. The minimum absolute atomic E-state index is 0.234. The number of nitrogens with zero attached hydrogens (tertiary/aromatic N) is 4. The maximum atomic E-state index is 10.5. The Hall–Kier alpha value is -4.23. The summed E-state index contributed by atoms with van der Waals surface area (Å²) in [4.78, 5) is 27.4. The van der Waals surface area contributed by atoms with Crippen LogP contribution in [0.3, 0.4) is 0 Å². The smallest absolute Gasteiger partial charge is 0.366 e. The molecule has 27 heavy (non-hydrogen) atoms. The number of aromatic nitrogens is 1. The van der Waals surface area contributed by atoms with Crippen molar-refractivity contribution in [2.45, 2.75) is 6.92 Å². The molecule has 0 aliphatic heterocycles. The monoisotopic (exact) mass is 384 g/mol. The number of phenols is 2. The van der Waals surface area contributed by atoms with Crippen molar-refractivity contribution in [2.24, 2.45) is 0 Å². The van der Waals surface area contributed by atoms with E-state index in [0.29, 0.717) is 6.61 Å². The maximum absolute atomic E-state index is 10.5. The van der Waals surface area contributed by atoms with Crippen LogP contribution in [0, 0.1) is 35.6 Å². The van der Waals surface area contributed by atoms with E-state index in [0.717, 1.165) is 10.5 Å². The van der Waals surface area contributed by atoms with E-state index in [1.54, 1.807) is 12.1 Å². The number of benzene rings is 1. The second-order valence-electron chi connectivity index (χ2n) is 4.56. The van der Waals surface area contributed by atoms with Crippen LogP contribution in [-0.2, 0) is 0 Å². The van der Waals surface area contributed by atoms with Gasteiger partial charge in [-0.15, -0.1) is 0 Å². The predicted molar refractivity (Wildman–Crippen MR) is 86.3 cm³/mol. The Kier molecular flexibility index (Phi) is 6.74. The van der Waals surface area contributed by atoms with Gasteiger partial charge in [-0.1, -0.05) is 0 Å². The summed E-state index contributed by atoms with van der Waals surface area (Å²) in [5.41, 5.74) is -3.95. The SMILES string of the molecule is CCOc1cc[n+]([O-])cc1.O=[N+]([O-])c1cc([N+](=O)[O-])c(O)c([N+](=O)[O-])c1O. The zero-order chi connectivity index (χ0) is 20.7. The van der Waals surface area contributed by atoms with Crippen molar-refractivity contribution in [1.29, 1.82) is 0 Å². The van der Waals surface area contributed by atoms with Gasteiger partial charge in [0.05, 0.1) is 21.4 Å². The first-order valence-corrected chi connectivity index (χ1v) is 6.93. The highest BCUT2D eigenvalue weighted by molar-refractivity contribution is 5.73. The van der Waals surface area contributed by atoms with Gasteiger partial charge in [0.2, 0.25) is 0 Å². The van der Waals surface area contributed by atoms with E-state index in [2.05, 4.69) is 0 Å². The molecular weight excluding hydrogens is 372 g/mol. The van der Waals surface area contributed by atoms with Crippen LogP contribution in [0.5, 0.6) is 17.2 Å². The van der Waals surface area contributed by atoms with Crippen molar-refractivity contribution < 1.29 is 34.5 Å². The highest BCUT2D eigenvalue weighted by Crippen LogP contribution is 2.47. The first-order valence-electron chi connectivity index (χ1n) is 6.93.